The zero-order chi connectivity index (χ0) is 12.7. The molecule has 0 radical (unpaired) electrons. The monoisotopic (exact) mass is 356 g/mol. The molecule has 1 saturated carbocycles. The van der Waals surface area contributed by atoms with E-state index in [0.29, 0.717) is 6.04 Å². The number of hydrogen-bond acceptors (Lipinski definition) is 2. The van der Waals surface area contributed by atoms with Crippen molar-refractivity contribution in [2.75, 3.05) is 11.9 Å². The van der Waals surface area contributed by atoms with Crippen molar-refractivity contribution in [1.82, 2.24) is 4.90 Å². The molecule has 18 heavy (non-hydrogen) atoms. The van der Waals surface area contributed by atoms with Gasteiger partial charge in [-0.1, -0.05) is 0 Å². The fourth-order valence-corrected chi connectivity index (χ4v) is 3.73. The van der Waals surface area contributed by atoms with Gasteiger partial charge in [0.2, 0.25) is 0 Å². The van der Waals surface area contributed by atoms with Crippen molar-refractivity contribution in [3.8, 4) is 0 Å². The minimum absolute atomic E-state index is 0.624. The van der Waals surface area contributed by atoms with Gasteiger partial charge in [-0.2, -0.15) is 0 Å². The fraction of sp³-hybridized carbons (Fsp3) is 0.600. The first-order chi connectivity index (χ1) is 8.63. The van der Waals surface area contributed by atoms with Crippen molar-refractivity contribution in [1.29, 1.82) is 0 Å². The van der Waals surface area contributed by atoms with Gasteiger partial charge in [-0.3, -0.25) is 4.90 Å². The van der Waals surface area contributed by atoms with Gasteiger partial charge < -0.3 is 5.32 Å². The van der Waals surface area contributed by atoms with Crippen LogP contribution in [-0.4, -0.2) is 29.6 Å². The Bertz CT molecular complexity index is 442. The van der Waals surface area contributed by atoms with Crippen molar-refractivity contribution in [2.45, 2.75) is 51.2 Å². The third kappa shape index (κ3) is 2.67. The number of anilines is 1. The van der Waals surface area contributed by atoms with Crippen molar-refractivity contribution in [3.63, 3.8) is 0 Å². The number of rotatable bonds is 3. The maximum Gasteiger partial charge on any atom is 0.0403 e. The summed E-state index contributed by atoms with van der Waals surface area (Å²) in [6.07, 6.45) is 4.11. The summed E-state index contributed by atoms with van der Waals surface area (Å²) in [5.74, 6) is 0. The minimum Gasteiger partial charge on any atom is -0.381 e. The number of hydrogen-bond donors (Lipinski definition) is 1. The van der Waals surface area contributed by atoms with Gasteiger partial charge >= 0.3 is 0 Å². The summed E-state index contributed by atoms with van der Waals surface area (Å²) in [4.78, 5) is 2.69. The number of halogens is 1. The van der Waals surface area contributed by atoms with Crippen LogP contribution in [0.1, 0.15) is 31.7 Å². The molecule has 1 aromatic carbocycles. The van der Waals surface area contributed by atoms with E-state index in [2.05, 4.69) is 64.9 Å². The lowest BCUT2D eigenvalue weighted by atomic mass is 10.1. The molecule has 0 amide bonds. The second-order valence-electron chi connectivity index (χ2n) is 5.81. The standard InChI is InChI=1S/C15H21IN2/c1-10-7-12(16)3-6-15(10)17-13-8-11(2)18(9-13)14-4-5-14/h3,6-7,11,13-14,17H,4-5,8-9H2,1-2H3. The highest BCUT2D eigenvalue weighted by atomic mass is 127. The van der Waals surface area contributed by atoms with E-state index in [0.717, 1.165) is 12.1 Å². The number of nitrogens with zero attached hydrogens (tertiary/aromatic N) is 1. The molecule has 1 aliphatic heterocycles. The predicted octanol–water partition coefficient (Wildman–Crippen LogP) is 3.64. The Morgan fingerprint density at radius 3 is 2.78 bits per heavy atom. The molecule has 1 heterocycles. The molecule has 0 spiro atoms. The molecule has 1 aromatic rings. The second-order valence-corrected chi connectivity index (χ2v) is 7.06. The van der Waals surface area contributed by atoms with Gasteiger partial charge in [0.1, 0.15) is 0 Å². The van der Waals surface area contributed by atoms with Gasteiger partial charge in [0.15, 0.2) is 0 Å². The molecule has 1 saturated heterocycles. The SMILES string of the molecule is Cc1cc(I)ccc1NC1CC(C)N(C2CC2)C1. The van der Waals surface area contributed by atoms with Gasteiger partial charge in [0.05, 0.1) is 0 Å². The topological polar surface area (TPSA) is 15.3 Å². The van der Waals surface area contributed by atoms with Gasteiger partial charge in [0, 0.05) is 33.9 Å². The fourth-order valence-electron chi connectivity index (χ4n) is 3.08. The first-order valence-electron chi connectivity index (χ1n) is 6.92. The minimum atomic E-state index is 0.624. The van der Waals surface area contributed by atoms with Crippen molar-refractivity contribution < 1.29 is 0 Å². The molecular formula is C15H21IN2. The quantitative estimate of drug-likeness (QED) is 0.832. The summed E-state index contributed by atoms with van der Waals surface area (Å²) in [6, 6.07) is 8.93. The predicted molar refractivity (Wildman–Crippen MR) is 85.1 cm³/mol. The smallest absolute Gasteiger partial charge is 0.0403 e. The molecule has 3 heteroatoms. The third-order valence-corrected chi connectivity index (χ3v) is 4.86. The Morgan fingerprint density at radius 2 is 2.11 bits per heavy atom. The van der Waals surface area contributed by atoms with Crippen molar-refractivity contribution >= 4 is 28.3 Å². The van der Waals surface area contributed by atoms with Crippen LogP contribution in [0.15, 0.2) is 18.2 Å². The van der Waals surface area contributed by atoms with Crippen LogP contribution in [0.5, 0.6) is 0 Å². The van der Waals surface area contributed by atoms with Crippen LogP contribution in [0.2, 0.25) is 0 Å². The highest BCUT2D eigenvalue weighted by Crippen LogP contribution is 2.34. The number of benzene rings is 1. The van der Waals surface area contributed by atoms with Gasteiger partial charge in [-0.15, -0.1) is 0 Å². The van der Waals surface area contributed by atoms with Crippen LogP contribution < -0.4 is 5.32 Å². The Kier molecular flexibility index (Phi) is 3.54. The lowest BCUT2D eigenvalue weighted by Gasteiger charge is -2.20. The Morgan fingerprint density at radius 1 is 1.33 bits per heavy atom. The van der Waals surface area contributed by atoms with E-state index in [1.54, 1.807) is 0 Å². The highest BCUT2D eigenvalue weighted by Gasteiger charge is 2.38. The molecule has 3 rings (SSSR count). The van der Waals surface area contributed by atoms with Crippen LogP contribution in [0.4, 0.5) is 5.69 Å². The highest BCUT2D eigenvalue weighted by molar-refractivity contribution is 14.1. The van der Waals surface area contributed by atoms with E-state index in [1.807, 2.05) is 0 Å². The zero-order valence-electron chi connectivity index (χ0n) is 11.1. The van der Waals surface area contributed by atoms with Crippen LogP contribution in [0.25, 0.3) is 0 Å². The summed E-state index contributed by atoms with van der Waals surface area (Å²) >= 11 is 2.37. The summed E-state index contributed by atoms with van der Waals surface area (Å²) < 4.78 is 1.31. The molecular weight excluding hydrogens is 335 g/mol. The summed E-state index contributed by atoms with van der Waals surface area (Å²) in [6.45, 7) is 5.79. The van der Waals surface area contributed by atoms with Crippen molar-refractivity contribution in [3.05, 3.63) is 27.3 Å². The molecule has 0 aromatic heterocycles. The molecule has 1 N–H and O–H groups in total. The van der Waals surface area contributed by atoms with Gasteiger partial charge in [-0.05, 0) is 79.5 Å². The molecule has 0 bridgehead atoms. The summed E-state index contributed by atoms with van der Waals surface area (Å²) in [7, 11) is 0. The molecule has 2 fully saturated rings. The largest absolute Gasteiger partial charge is 0.381 e. The van der Waals surface area contributed by atoms with Crippen LogP contribution in [0.3, 0.4) is 0 Å². The summed E-state index contributed by atoms with van der Waals surface area (Å²) in [5, 5.41) is 3.73. The van der Waals surface area contributed by atoms with E-state index >= 15 is 0 Å². The second kappa shape index (κ2) is 5.00. The van der Waals surface area contributed by atoms with E-state index < -0.39 is 0 Å². The van der Waals surface area contributed by atoms with Gasteiger partial charge in [0.25, 0.3) is 0 Å². The van der Waals surface area contributed by atoms with E-state index in [1.165, 1.54) is 40.6 Å². The maximum atomic E-state index is 3.73. The lowest BCUT2D eigenvalue weighted by Crippen LogP contribution is -2.31. The average Bonchev–Trinajstić information content (AvgIpc) is 3.08. The zero-order valence-corrected chi connectivity index (χ0v) is 13.3. The molecule has 2 nitrogen and oxygen atoms in total. The number of likely N-dealkylation sites (tertiary alicyclic amines) is 1. The van der Waals surface area contributed by atoms with E-state index in [4.69, 9.17) is 0 Å². The number of nitrogens with one attached hydrogen (secondary N) is 1. The van der Waals surface area contributed by atoms with Crippen LogP contribution in [-0.2, 0) is 0 Å². The van der Waals surface area contributed by atoms with E-state index in [-0.39, 0.29) is 0 Å². The third-order valence-electron chi connectivity index (χ3n) is 4.19. The van der Waals surface area contributed by atoms with Crippen LogP contribution in [0, 0.1) is 10.5 Å². The normalized spacial score (nSPS) is 28.6. The average molecular weight is 356 g/mol. The van der Waals surface area contributed by atoms with E-state index in [9.17, 15) is 0 Å². The summed E-state index contributed by atoms with van der Waals surface area (Å²) in [5.41, 5.74) is 2.67. The Hall–Kier alpha value is -0.290. The molecule has 2 unspecified atom stereocenters. The Labute approximate surface area is 123 Å². The van der Waals surface area contributed by atoms with Crippen molar-refractivity contribution in [2.24, 2.45) is 0 Å². The molecule has 1 aliphatic carbocycles. The Balaban J connectivity index is 1.66. The van der Waals surface area contributed by atoms with Crippen LogP contribution >= 0.6 is 22.6 Å². The molecule has 2 aliphatic rings. The molecule has 2 atom stereocenters. The lowest BCUT2D eigenvalue weighted by molar-refractivity contribution is 0.257. The number of aryl methyl sites for hydroxylation is 1. The molecule has 98 valence electrons. The van der Waals surface area contributed by atoms with Gasteiger partial charge in [-0.25, -0.2) is 0 Å². The first-order valence-corrected chi connectivity index (χ1v) is 8.00. The first kappa shape index (κ1) is 12.7. The maximum absolute atomic E-state index is 3.73.